The van der Waals surface area contributed by atoms with Crippen molar-refractivity contribution in [3.63, 3.8) is 0 Å². The lowest BCUT2D eigenvalue weighted by atomic mass is 9.97. The lowest BCUT2D eigenvalue weighted by molar-refractivity contribution is -0.196. The smallest absolute Gasteiger partial charge is 0.126 e. The van der Waals surface area contributed by atoms with Crippen LogP contribution in [-0.2, 0) is 4.74 Å². The van der Waals surface area contributed by atoms with E-state index in [1.807, 2.05) is 0 Å². The van der Waals surface area contributed by atoms with Gasteiger partial charge in [-0.15, -0.1) is 12.4 Å². The Bertz CT molecular complexity index is 311. The molecule has 1 unspecified atom stereocenters. The molecule has 0 amide bonds. The molecule has 7 heteroatoms. The average Bonchev–Trinajstić information content (AvgIpc) is 2.59. The minimum atomic E-state index is -1.14. The molecule has 0 spiro atoms. The molecule has 0 aromatic rings. The molecule has 6 nitrogen and oxygen atoms in total. The van der Waals surface area contributed by atoms with Crippen molar-refractivity contribution >= 4 is 12.4 Å². The lowest BCUT2D eigenvalue weighted by Crippen LogP contribution is -2.65. The van der Waals surface area contributed by atoms with Crippen molar-refractivity contribution in [1.82, 2.24) is 5.32 Å². The van der Waals surface area contributed by atoms with Gasteiger partial charge in [0.1, 0.15) is 24.5 Å². The molecular formula is C18H39ClN2O4. The van der Waals surface area contributed by atoms with E-state index in [0.29, 0.717) is 0 Å². The van der Waals surface area contributed by atoms with Gasteiger partial charge >= 0.3 is 0 Å². The van der Waals surface area contributed by atoms with Gasteiger partial charge in [-0.25, -0.2) is 0 Å². The Labute approximate surface area is 158 Å². The van der Waals surface area contributed by atoms with Gasteiger partial charge in [-0.3, -0.25) is 5.32 Å². The van der Waals surface area contributed by atoms with Crippen molar-refractivity contribution in [1.29, 1.82) is 0 Å². The maximum absolute atomic E-state index is 9.89. The molecule has 25 heavy (non-hydrogen) atoms. The van der Waals surface area contributed by atoms with E-state index in [1.54, 1.807) is 0 Å². The Morgan fingerprint density at radius 3 is 1.92 bits per heavy atom. The molecule has 0 aromatic heterocycles. The largest absolute Gasteiger partial charge is 0.394 e. The summed E-state index contributed by atoms with van der Waals surface area (Å²) in [6.45, 7) is 2.67. The summed E-state index contributed by atoms with van der Waals surface area (Å²) in [5.41, 5.74) is 5.88. The summed E-state index contributed by atoms with van der Waals surface area (Å²) < 4.78 is 5.53. The summed E-state index contributed by atoms with van der Waals surface area (Å²) in [7, 11) is 0. The molecule has 6 N–H and O–H groups in total. The van der Waals surface area contributed by atoms with Crippen molar-refractivity contribution in [3.05, 3.63) is 0 Å². The fourth-order valence-electron chi connectivity index (χ4n) is 3.18. The van der Waals surface area contributed by atoms with E-state index in [-0.39, 0.29) is 19.0 Å². The minimum absolute atomic E-state index is 0. The number of nitrogens with two attached hydrogens (primary N) is 1. The Hall–Kier alpha value is 0.0500. The number of ether oxygens (including phenoxy) is 1. The molecule has 0 saturated carbocycles. The SMILES string of the molecule is CCCCCCCCCCCCNC1O[C@H](CO)[C@@H](O)[C@H](O)[C@H]1N.Cl. The monoisotopic (exact) mass is 382 g/mol. The van der Waals surface area contributed by atoms with Crippen molar-refractivity contribution in [2.24, 2.45) is 5.73 Å². The Morgan fingerprint density at radius 1 is 0.880 bits per heavy atom. The van der Waals surface area contributed by atoms with Crippen LogP contribution in [0.25, 0.3) is 0 Å². The van der Waals surface area contributed by atoms with Gasteiger partial charge in [0.05, 0.1) is 12.6 Å². The van der Waals surface area contributed by atoms with E-state index in [0.717, 1.165) is 13.0 Å². The first-order chi connectivity index (χ1) is 11.6. The summed E-state index contributed by atoms with van der Waals surface area (Å²) in [4.78, 5) is 0. The first-order valence-electron chi connectivity index (χ1n) is 9.73. The minimum Gasteiger partial charge on any atom is -0.394 e. The summed E-state index contributed by atoms with van der Waals surface area (Å²) >= 11 is 0. The highest BCUT2D eigenvalue weighted by atomic mass is 35.5. The third kappa shape index (κ3) is 9.52. The zero-order valence-corrected chi connectivity index (χ0v) is 16.4. The van der Waals surface area contributed by atoms with Gasteiger partial charge in [-0.05, 0) is 13.0 Å². The second kappa shape index (κ2) is 15.1. The number of aliphatic hydroxyl groups is 3. The summed E-state index contributed by atoms with van der Waals surface area (Å²) in [6, 6.07) is -0.689. The molecule has 1 rings (SSSR count). The van der Waals surface area contributed by atoms with Crippen molar-refractivity contribution < 1.29 is 20.1 Å². The van der Waals surface area contributed by atoms with Crippen LogP contribution in [0.1, 0.15) is 71.1 Å². The first-order valence-corrected chi connectivity index (χ1v) is 9.73. The lowest BCUT2D eigenvalue weighted by Gasteiger charge is -2.41. The van der Waals surface area contributed by atoms with Crippen LogP contribution in [-0.4, -0.2) is 59.1 Å². The highest BCUT2D eigenvalue weighted by Gasteiger charge is 2.41. The fourth-order valence-corrected chi connectivity index (χ4v) is 3.18. The van der Waals surface area contributed by atoms with Crippen LogP contribution in [0.3, 0.4) is 0 Å². The van der Waals surface area contributed by atoms with E-state index < -0.39 is 30.6 Å². The molecule has 1 aliphatic heterocycles. The van der Waals surface area contributed by atoms with Crippen LogP contribution < -0.4 is 11.1 Å². The number of unbranched alkanes of at least 4 members (excludes halogenated alkanes) is 9. The number of rotatable bonds is 13. The van der Waals surface area contributed by atoms with Crippen LogP contribution in [0.2, 0.25) is 0 Å². The predicted molar refractivity (Wildman–Crippen MR) is 103 cm³/mol. The standard InChI is InChI=1S/C18H38N2O4.ClH/c1-2-3-4-5-6-7-8-9-10-11-12-20-18-15(19)17(23)16(22)14(13-21)24-18;/h14-18,20-23H,2-13,19H2,1H3;1H/t14-,15-,16-,17-,18?;/m1./s1. The second-order valence-corrected chi connectivity index (χ2v) is 6.97. The van der Waals surface area contributed by atoms with Crippen LogP contribution >= 0.6 is 12.4 Å². The zero-order chi connectivity index (χ0) is 17.8. The molecule has 1 heterocycles. The molecule has 0 radical (unpaired) electrons. The van der Waals surface area contributed by atoms with E-state index in [1.165, 1.54) is 57.8 Å². The quantitative estimate of drug-likeness (QED) is 0.310. The van der Waals surface area contributed by atoms with Crippen LogP contribution in [0.4, 0.5) is 0 Å². The predicted octanol–water partition coefficient (Wildman–Crippen LogP) is 1.68. The third-order valence-electron chi connectivity index (χ3n) is 4.85. The maximum Gasteiger partial charge on any atom is 0.126 e. The van der Waals surface area contributed by atoms with Crippen molar-refractivity contribution in [2.45, 2.75) is 102 Å². The topological polar surface area (TPSA) is 108 Å². The Morgan fingerprint density at radius 2 is 1.40 bits per heavy atom. The molecule has 152 valence electrons. The normalized spacial score (nSPS) is 29.4. The highest BCUT2D eigenvalue weighted by Crippen LogP contribution is 2.18. The van der Waals surface area contributed by atoms with Crippen LogP contribution in [0.15, 0.2) is 0 Å². The van der Waals surface area contributed by atoms with Gasteiger partial charge in [0.2, 0.25) is 0 Å². The Kier molecular flexibility index (Phi) is 15.2. The van der Waals surface area contributed by atoms with Crippen LogP contribution in [0.5, 0.6) is 0 Å². The highest BCUT2D eigenvalue weighted by molar-refractivity contribution is 5.85. The number of halogens is 1. The molecule has 0 aliphatic carbocycles. The molecule has 0 bridgehead atoms. The first kappa shape index (κ1) is 25.1. The van der Waals surface area contributed by atoms with Crippen molar-refractivity contribution in [2.75, 3.05) is 13.2 Å². The number of hydrogen-bond donors (Lipinski definition) is 5. The van der Waals surface area contributed by atoms with E-state index >= 15 is 0 Å². The van der Waals surface area contributed by atoms with Crippen molar-refractivity contribution in [3.8, 4) is 0 Å². The maximum atomic E-state index is 9.89. The zero-order valence-electron chi connectivity index (χ0n) is 15.6. The molecule has 1 fully saturated rings. The molecule has 1 saturated heterocycles. The number of nitrogens with one attached hydrogen (secondary N) is 1. The molecule has 1 aliphatic rings. The average molecular weight is 383 g/mol. The van der Waals surface area contributed by atoms with Crippen LogP contribution in [0, 0.1) is 0 Å². The van der Waals surface area contributed by atoms with Gasteiger partial charge in [-0.1, -0.05) is 64.7 Å². The summed E-state index contributed by atoms with van der Waals surface area (Å²) in [5, 5.41) is 32.0. The number of hydrogen-bond acceptors (Lipinski definition) is 6. The van der Waals surface area contributed by atoms with Gasteiger partial charge in [-0.2, -0.15) is 0 Å². The van der Waals surface area contributed by atoms with E-state index in [4.69, 9.17) is 10.5 Å². The van der Waals surface area contributed by atoms with E-state index in [2.05, 4.69) is 12.2 Å². The van der Waals surface area contributed by atoms with Gasteiger partial charge in [0, 0.05) is 0 Å². The van der Waals surface area contributed by atoms with Gasteiger partial charge < -0.3 is 25.8 Å². The van der Waals surface area contributed by atoms with Gasteiger partial charge in [0.25, 0.3) is 0 Å². The Balaban J connectivity index is 0.00000576. The molecule has 5 atom stereocenters. The van der Waals surface area contributed by atoms with Gasteiger partial charge in [0.15, 0.2) is 0 Å². The summed E-state index contributed by atoms with van der Waals surface area (Å²) in [5.74, 6) is 0. The summed E-state index contributed by atoms with van der Waals surface area (Å²) in [6.07, 6.45) is 9.29. The van der Waals surface area contributed by atoms with E-state index in [9.17, 15) is 15.3 Å². The number of aliphatic hydroxyl groups excluding tert-OH is 3. The fraction of sp³-hybridized carbons (Fsp3) is 1.00. The molecule has 0 aromatic carbocycles. The third-order valence-corrected chi connectivity index (χ3v) is 4.85. The second-order valence-electron chi connectivity index (χ2n) is 6.97. The molecular weight excluding hydrogens is 344 g/mol.